The van der Waals surface area contributed by atoms with Crippen LogP contribution < -0.4 is 10.6 Å². The summed E-state index contributed by atoms with van der Waals surface area (Å²) in [5.74, 6) is 0.526. The van der Waals surface area contributed by atoms with Crippen molar-refractivity contribution in [1.29, 1.82) is 0 Å². The molecular weight excluding hydrogens is 466 g/mol. The molecule has 3 rings (SSSR count). The maximum atomic E-state index is 13.3. The van der Waals surface area contributed by atoms with E-state index in [2.05, 4.69) is 10.6 Å². The quantitative estimate of drug-likeness (QED) is 0.368. The van der Waals surface area contributed by atoms with E-state index in [0.29, 0.717) is 37.1 Å². The van der Waals surface area contributed by atoms with Gasteiger partial charge in [-0.2, -0.15) is 0 Å². The van der Waals surface area contributed by atoms with Gasteiger partial charge in [0.25, 0.3) is 0 Å². The number of carbonyl (C=O) groups excluding carboxylic acids is 1. The monoisotopic (exact) mass is 509 g/mol. The minimum absolute atomic E-state index is 0.0326. The molecule has 0 bridgehead atoms. The number of amides is 2. The lowest BCUT2D eigenvalue weighted by molar-refractivity contribution is -0.0564. The van der Waals surface area contributed by atoms with Crippen LogP contribution in [0, 0.1) is 11.8 Å². The van der Waals surface area contributed by atoms with Crippen LogP contribution in [0.3, 0.4) is 0 Å². The highest BCUT2D eigenvalue weighted by Crippen LogP contribution is 2.40. The van der Waals surface area contributed by atoms with E-state index in [0.717, 1.165) is 70.3 Å². The van der Waals surface area contributed by atoms with Crippen molar-refractivity contribution >= 4 is 17.6 Å². The minimum Gasteiger partial charge on any atom is -0.385 e. The number of nitrogens with one attached hydrogen (secondary N) is 2. The number of carbonyl (C=O) groups is 1. The molecule has 198 valence electrons. The molecule has 3 atom stereocenters. The molecule has 3 N–H and O–H groups in total. The summed E-state index contributed by atoms with van der Waals surface area (Å²) >= 11 is 6.30. The molecule has 2 saturated heterocycles. The molecule has 2 amide bonds. The largest absolute Gasteiger partial charge is 0.385 e. The maximum Gasteiger partial charge on any atom is 0.317 e. The van der Waals surface area contributed by atoms with Gasteiger partial charge in [-0.3, -0.25) is 0 Å². The van der Waals surface area contributed by atoms with Crippen molar-refractivity contribution in [3.05, 3.63) is 34.9 Å². The molecule has 1 unspecified atom stereocenters. The van der Waals surface area contributed by atoms with Gasteiger partial charge in [-0.25, -0.2) is 4.79 Å². The second-order valence-electron chi connectivity index (χ2n) is 10.2. The number of halogens is 1. The molecule has 8 heteroatoms. The first kappa shape index (κ1) is 28.2. The molecular formula is C27H44ClN3O4. The Balaban J connectivity index is 1.67. The molecule has 35 heavy (non-hydrogen) atoms. The lowest BCUT2D eigenvalue weighted by Crippen LogP contribution is -2.54. The lowest BCUT2D eigenvalue weighted by atomic mass is 9.74. The van der Waals surface area contributed by atoms with Crippen molar-refractivity contribution in [2.24, 2.45) is 11.8 Å². The third kappa shape index (κ3) is 8.32. The van der Waals surface area contributed by atoms with Crippen LogP contribution >= 0.6 is 11.6 Å². The van der Waals surface area contributed by atoms with Gasteiger partial charge in [-0.1, -0.05) is 23.7 Å². The van der Waals surface area contributed by atoms with Gasteiger partial charge in [0.15, 0.2) is 0 Å². The second kappa shape index (κ2) is 14.4. The van der Waals surface area contributed by atoms with Crippen molar-refractivity contribution in [2.75, 3.05) is 53.6 Å². The molecule has 7 nitrogen and oxygen atoms in total. The Kier molecular flexibility index (Phi) is 11.6. The van der Waals surface area contributed by atoms with Crippen molar-refractivity contribution in [2.45, 2.75) is 63.0 Å². The predicted octanol–water partition coefficient (Wildman–Crippen LogP) is 4.17. The normalized spacial score (nSPS) is 21.9. The number of likely N-dealkylation sites (tertiary alicyclic amines) is 1. The molecule has 2 aliphatic rings. The van der Waals surface area contributed by atoms with Crippen LogP contribution in [0.25, 0.3) is 0 Å². The molecule has 0 aliphatic carbocycles. The highest BCUT2D eigenvalue weighted by atomic mass is 35.5. The zero-order valence-electron chi connectivity index (χ0n) is 21.4. The highest BCUT2D eigenvalue weighted by Gasteiger charge is 2.41. The predicted molar refractivity (Wildman–Crippen MR) is 140 cm³/mol. The van der Waals surface area contributed by atoms with Gasteiger partial charge in [-0.15, -0.1) is 0 Å². The summed E-state index contributed by atoms with van der Waals surface area (Å²) in [6, 6.07) is 7.60. The smallest absolute Gasteiger partial charge is 0.317 e. The number of ether oxygens (including phenoxy) is 2. The zero-order valence-corrected chi connectivity index (χ0v) is 22.2. The van der Waals surface area contributed by atoms with Gasteiger partial charge in [-0.05, 0) is 82.0 Å². The number of methoxy groups -OCH3 is 1. The van der Waals surface area contributed by atoms with Crippen molar-refractivity contribution < 1.29 is 19.4 Å². The number of likely N-dealkylation sites (N-methyl/N-ethyl adjacent to an activating group) is 1. The average molecular weight is 510 g/mol. The van der Waals surface area contributed by atoms with Crippen LogP contribution in [0.2, 0.25) is 5.02 Å². The number of unbranched alkanes of at least 4 members (excludes halogenated alkanes) is 1. The number of nitrogens with zero attached hydrogens (tertiary/aromatic N) is 1. The number of hydrogen-bond acceptors (Lipinski definition) is 5. The minimum atomic E-state index is -1.04. The number of piperidine rings is 1. The topological polar surface area (TPSA) is 83.1 Å². The lowest BCUT2D eigenvalue weighted by Gasteiger charge is -2.43. The first-order chi connectivity index (χ1) is 17.0. The van der Waals surface area contributed by atoms with Crippen LogP contribution in [0.1, 0.15) is 56.9 Å². The van der Waals surface area contributed by atoms with Crippen molar-refractivity contribution in [3.8, 4) is 0 Å². The number of benzene rings is 1. The van der Waals surface area contributed by atoms with E-state index < -0.39 is 5.60 Å². The van der Waals surface area contributed by atoms with E-state index in [1.807, 2.05) is 36.2 Å². The van der Waals surface area contributed by atoms with E-state index in [1.165, 1.54) is 0 Å². The Morgan fingerprint density at radius 3 is 2.83 bits per heavy atom. The van der Waals surface area contributed by atoms with Crippen LogP contribution in [0.15, 0.2) is 24.3 Å². The van der Waals surface area contributed by atoms with Gasteiger partial charge in [0, 0.05) is 63.5 Å². The summed E-state index contributed by atoms with van der Waals surface area (Å²) in [5.41, 5.74) is -0.202. The summed E-state index contributed by atoms with van der Waals surface area (Å²) in [5, 5.41) is 19.2. The molecule has 2 aliphatic heterocycles. The van der Waals surface area contributed by atoms with E-state index in [9.17, 15) is 9.90 Å². The van der Waals surface area contributed by atoms with Gasteiger partial charge < -0.3 is 30.1 Å². The number of urea groups is 1. The maximum absolute atomic E-state index is 13.3. The Bertz CT molecular complexity index is 777. The Labute approximate surface area is 215 Å². The standard InChI is InChI=1S/C27H44ClN3O4/c1-29-19-25(17-21-10-15-35-16-11-21)30-26(32)31-13-6-8-23(20-31)27(33,12-3-4-14-34-2)22-7-5-9-24(28)18-22/h5,7,9,18,21,23,25,29,33H,3-4,6,8,10-17,19-20H2,1-2H3,(H,30,32)/t23-,25?,27-/m1/s1. The molecule has 0 radical (unpaired) electrons. The summed E-state index contributed by atoms with van der Waals surface area (Å²) in [6.45, 7) is 4.28. The summed E-state index contributed by atoms with van der Waals surface area (Å²) < 4.78 is 10.7. The van der Waals surface area contributed by atoms with E-state index in [1.54, 1.807) is 7.11 Å². The average Bonchev–Trinajstić information content (AvgIpc) is 2.87. The van der Waals surface area contributed by atoms with Gasteiger partial charge >= 0.3 is 6.03 Å². The third-order valence-corrected chi connectivity index (χ3v) is 7.84. The molecule has 1 aromatic rings. The fourth-order valence-electron chi connectivity index (χ4n) is 5.62. The number of rotatable bonds is 12. The molecule has 0 spiro atoms. The van der Waals surface area contributed by atoms with Crippen molar-refractivity contribution in [1.82, 2.24) is 15.5 Å². The molecule has 2 heterocycles. The van der Waals surface area contributed by atoms with E-state index >= 15 is 0 Å². The second-order valence-corrected chi connectivity index (χ2v) is 10.6. The molecule has 0 saturated carbocycles. The fourth-order valence-corrected chi connectivity index (χ4v) is 5.81. The van der Waals surface area contributed by atoms with Gasteiger partial charge in [0.05, 0.1) is 5.60 Å². The summed E-state index contributed by atoms with van der Waals surface area (Å²) in [6.07, 6.45) is 7.15. The summed E-state index contributed by atoms with van der Waals surface area (Å²) in [7, 11) is 3.62. The van der Waals surface area contributed by atoms with Gasteiger partial charge in [0.1, 0.15) is 0 Å². The van der Waals surface area contributed by atoms with Crippen LogP contribution in [-0.2, 0) is 15.1 Å². The molecule has 1 aromatic carbocycles. The van der Waals surface area contributed by atoms with E-state index in [-0.39, 0.29) is 18.0 Å². The number of aliphatic hydroxyl groups is 1. The first-order valence-corrected chi connectivity index (χ1v) is 13.6. The SMILES string of the molecule is CNCC(CC1CCOCC1)NC(=O)N1CCC[C@@H]([C@@](O)(CCCCOC)c2cccc(Cl)c2)C1. The van der Waals surface area contributed by atoms with Crippen molar-refractivity contribution in [3.63, 3.8) is 0 Å². The molecule has 2 fully saturated rings. The van der Waals surface area contributed by atoms with Crippen LogP contribution in [0.4, 0.5) is 4.79 Å². The van der Waals surface area contributed by atoms with Crippen LogP contribution in [0.5, 0.6) is 0 Å². The first-order valence-electron chi connectivity index (χ1n) is 13.2. The Hall–Kier alpha value is -1.38. The fraction of sp³-hybridized carbons (Fsp3) is 0.741. The molecule has 0 aromatic heterocycles. The van der Waals surface area contributed by atoms with Crippen LogP contribution in [-0.4, -0.2) is 75.7 Å². The Morgan fingerprint density at radius 2 is 2.11 bits per heavy atom. The summed E-state index contributed by atoms with van der Waals surface area (Å²) in [4.78, 5) is 15.2. The zero-order chi connectivity index (χ0) is 25.1. The highest BCUT2D eigenvalue weighted by molar-refractivity contribution is 6.30. The third-order valence-electron chi connectivity index (χ3n) is 7.60. The van der Waals surface area contributed by atoms with E-state index in [4.69, 9.17) is 21.1 Å². The Morgan fingerprint density at radius 1 is 1.31 bits per heavy atom. The number of hydrogen-bond donors (Lipinski definition) is 3. The van der Waals surface area contributed by atoms with Gasteiger partial charge in [0.2, 0.25) is 0 Å².